The fraction of sp³-hybridized carbons (Fsp3) is 0.643. The predicted octanol–water partition coefficient (Wildman–Crippen LogP) is 1.51. The monoisotopic (exact) mass is 263 g/mol. The van der Waals surface area contributed by atoms with Crippen LogP contribution in [0.15, 0.2) is 23.4 Å². The molecule has 3 rings (SSSR count). The molecule has 1 unspecified atom stereocenters. The van der Waals surface area contributed by atoms with Gasteiger partial charge in [-0.25, -0.2) is 20.3 Å². The number of carboxylic acids is 1. The summed E-state index contributed by atoms with van der Waals surface area (Å²) in [7, 11) is 0. The van der Waals surface area contributed by atoms with Gasteiger partial charge in [-0.15, -0.1) is 0 Å². The van der Waals surface area contributed by atoms with Crippen LogP contribution in [-0.2, 0) is 4.79 Å². The molecule has 5 nitrogen and oxygen atoms in total. The van der Waals surface area contributed by atoms with E-state index in [9.17, 15) is 9.90 Å². The largest absolute Gasteiger partial charge is 0.478 e. The number of rotatable bonds is 2. The van der Waals surface area contributed by atoms with Crippen molar-refractivity contribution < 1.29 is 9.90 Å². The van der Waals surface area contributed by atoms with E-state index in [0.717, 1.165) is 31.8 Å². The summed E-state index contributed by atoms with van der Waals surface area (Å²) in [5.41, 5.74) is 4.78. The summed E-state index contributed by atoms with van der Waals surface area (Å²) in [5.74, 6) is -0.515. The summed E-state index contributed by atoms with van der Waals surface area (Å²) in [6.07, 6.45) is 9.60. The van der Waals surface area contributed by atoms with Crippen LogP contribution >= 0.6 is 0 Å². The van der Waals surface area contributed by atoms with Crippen molar-refractivity contribution in [2.75, 3.05) is 19.6 Å². The summed E-state index contributed by atoms with van der Waals surface area (Å²) in [5, 5.41) is 13.7. The maximum absolute atomic E-state index is 11.4. The molecule has 2 fully saturated rings. The van der Waals surface area contributed by atoms with Gasteiger partial charge in [0.15, 0.2) is 0 Å². The summed E-state index contributed by atoms with van der Waals surface area (Å²) >= 11 is 0. The second kappa shape index (κ2) is 5.35. The highest BCUT2D eigenvalue weighted by Crippen LogP contribution is 2.33. The molecule has 5 heteroatoms. The number of nitrogens with one attached hydrogen (secondary N) is 1. The number of hydrazine groups is 2. The Bertz CT molecular complexity index is 422. The van der Waals surface area contributed by atoms with Gasteiger partial charge >= 0.3 is 5.97 Å². The van der Waals surface area contributed by atoms with Crippen molar-refractivity contribution in [2.45, 2.75) is 32.1 Å². The summed E-state index contributed by atoms with van der Waals surface area (Å²) < 4.78 is 0. The fourth-order valence-corrected chi connectivity index (χ4v) is 3.20. The van der Waals surface area contributed by atoms with Crippen LogP contribution in [0.5, 0.6) is 0 Å². The Balaban J connectivity index is 1.88. The van der Waals surface area contributed by atoms with E-state index in [-0.39, 0.29) is 0 Å². The zero-order valence-electron chi connectivity index (χ0n) is 11.1. The van der Waals surface area contributed by atoms with E-state index in [1.54, 1.807) is 6.08 Å². The second-order valence-corrected chi connectivity index (χ2v) is 5.48. The molecule has 1 aliphatic carbocycles. The average Bonchev–Trinajstić information content (AvgIpc) is 2.66. The molecular formula is C14H21N3O2. The van der Waals surface area contributed by atoms with Crippen molar-refractivity contribution in [2.24, 2.45) is 5.92 Å². The van der Waals surface area contributed by atoms with E-state index in [2.05, 4.69) is 10.4 Å². The van der Waals surface area contributed by atoms with Crippen molar-refractivity contribution in [1.29, 1.82) is 0 Å². The quantitative estimate of drug-likeness (QED) is 0.791. The van der Waals surface area contributed by atoms with E-state index >= 15 is 0 Å². The summed E-state index contributed by atoms with van der Waals surface area (Å²) in [6.45, 7) is 2.87. The zero-order chi connectivity index (χ0) is 13.2. The lowest BCUT2D eigenvalue weighted by molar-refractivity contribution is -0.132. The first-order chi connectivity index (χ1) is 9.27. The summed E-state index contributed by atoms with van der Waals surface area (Å²) in [4.78, 5) is 11.4. The molecule has 104 valence electrons. The molecule has 3 aliphatic rings. The Morgan fingerprint density at radius 3 is 2.68 bits per heavy atom. The molecule has 0 aromatic rings. The van der Waals surface area contributed by atoms with Gasteiger partial charge in [0.05, 0.1) is 11.3 Å². The minimum atomic E-state index is -0.820. The number of allylic oxidation sites excluding steroid dienone is 1. The fourth-order valence-electron chi connectivity index (χ4n) is 3.20. The highest BCUT2D eigenvalue weighted by Gasteiger charge is 2.36. The highest BCUT2D eigenvalue weighted by atomic mass is 16.4. The van der Waals surface area contributed by atoms with Gasteiger partial charge in [-0.2, -0.15) is 0 Å². The lowest BCUT2D eigenvalue weighted by Crippen LogP contribution is -2.47. The standard InChI is InChI=1S/C14H21N3O2/c18-14(19)12-7-5-6-11-10-15-17(13(11)12)16-8-3-1-2-4-9-16/h5,7,11,15H,1-4,6,8-10H2,(H,18,19). The Morgan fingerprint density at radius 2 is 2.00 bits per heavy atom. The molecule has 0 aromatic carbocycles. The second-order valence-electron chi connectivity index (χ2n) is 5.48. The molecular weight excluding hydrogens is 242 g/mol. The first kappa shape index (κ1) is 12.7. The predicted molar refractivity (Wildman–Crippen MR) is 71.8 cm³/mol. The van der Waals surface area contributed by atoms with Crippen LogP contribution in [0, 0.1) is 5.92 Å². The van der Waals surface area contributed by atoms with E-state index < -0.39 is 5.97 Å². The van der Waals surface area contributed by atoms with Crippen LogP contribution in [0.4, 0.5) is 0 Å². The lowest BCUT2D eigenvalue weighted by Gasteiger charge is -2.34. The van der Waals surface area contributed by atoms with Crippen molar-refractivity contribution >= 4 is 5.97 Å². The Kier molecular flexibility index (Phi) is 3.57. The molecule has 0 aromatic heterocycles. The molecule has 2 heterocycles. The molecule has 1 atom stereocenters. The topological polar surface area (TPSA) is 55.8 Å². The third kappa shape index (κ3) is 2.40. The molecule has 2 saturated heterocycles. The van der Waals surface area contributed by atoms with Crippen molar-refractivity contribution in [3.05, 3.63) is 23.4 Å². The van der Waals surface area contributed by atoms with E-state index in [0.29, 0.717) is 11.5 Å². The molecule has 0 saturated carbocycles. The van der Waals surface area contributed by atoms with Crippen LogP contribution < -0.4 is 5.43 Å². The van der Waals surface area contributed by atoms with Gasteiger partial charge in [-0.05, 0) is 25.3 Å². The Morgan fingerprint density at radius 1 is 1.26 bits per heavy atom. The van der Waals surface area contributed by atoms with E-state index in [1.807, 2.05) is 11.2 Å². The lowest BCUT2D eigenvalue weighted by atomic mass is 9.93. The van der Waals surface area contributed by atoms with Gasteiger partial charge in [0.2, 0.25) is 0 Å². The SMILES string of the molecule is O=C(O)C1=C2C(CC=C1)CNN2N1CCCCCC1. The third-order valence-electron chi connectivity index (χ3n) is 4.18. The molecule has 2 N–H and O–H groups in total. The van der Waals surface area contributed by atoms with Crippen LogP contribution in [0.25, 0.3) is 0 Å². The van der Waals surface area contributed by atoms with Crippen LogP contribution in [-0.4, -0.2) is 40.8 Å². The van der Waals surface area contributed by atoms with Crippen molar-refractivity contribution in [1.82, 2.24) is 15.6 Å². The smallest absolute Gasteiger partial charge is 0.337 e. The zero-order valence-corrected chi connectivity index (χ0v) is 11.1. The maximum Gasteiger partial charge on any atom is 0.337 e. The van der Waals surface area contributed by atoms with Crippen molar-refractivity contribution in [3.63, 3.8) is 0 Å². The van der Waals surface area contributed by atoms with Gasteiger partial charge in [0.25, 0.3) is 0 Å². The molecule has 0 spiro atoms. The van der Waals surface area contributed by atoms with Gasteiger partial charge in [0, 0.05) is 25.6 Å². The molecule has 2 aliphatic heterocycles. The summed E-state index contributed by atoms with van der Waals surface area (Å²) in [6, 6.07) is 0. The van der Waals surface area contributed by atoms with Crippen molar-refractivity contribution in [3.8, 4) is 0 Å². The minimum Gasteiger partial charge on any atom is -0.478 e. The maximum atomic E-state index is 11.4. The van der Waals surface area contributed by atoms with Crippen LogP contribution in [0.3, 0.4) is 0 Å². The molecule has 19 heavy (non-hydrogen) atoms. The first-order valence-electron chi connectivity index (χ1n) is 7.20. The van der Waals surface area contributed by atoms with Gasteiger partial charge in [0.1, 0.15) is 0 Å². The third-order valence-corrected chi connectivity index (χ3v) is 4.18. The first-order valence-corrected chi connectivity index (χ1v) is 7.20. The van der Waals surface area contributed by atoms with Crippen LogP contribution in [0.1, 0.15) is 32.1 Å². The highest BCUT2D eigenvalue weighted by molar-refractivity contribution is 5.91. The average molecular weight is 263 g/mol. The number of aliphatic carboxylic acids is 1. The normalized spacial score (nSPS) is 28.4. The number of carbonyl (C=O) groups is 1. The van der Waals surface area contributed by atoms with E-state index in [4.69, 9.17) is 0 Å². The Labute approximate surface area is 113 Å². The number of carboxylic acid groups (broad SMARTS) is 1. The number of hydrogen-bond donors (Lipinski definition) is 2. The number of fused-ring (bicyclic) bond motifs is 1. The molecule has 0 bridgehead atoms. The number of hydrogen-bond acceptors (Lipinski definition) is 4. The Hall–Kier alpha value is -1.33. The number of nitrogens with zero attached hydrogens (tertiary/aromatic N) is 2. The molecule has 0 radical (unpaired) electrons. The van der Waals surface area contributed by atoms with E-state index in [1.165, 1.54) is 25.7 Å². The minimum absolute atomic E-state index is 0.305. The van der Waals surface area contributed by atoms with Gasteiger partial charge < -0.3 is 5.11 Å². The molecule has 0 amide bonds. The van der Waals surface area contributed by atoms with Gasteiger partial charge in [-0.1, -0.05) is 18.9 Å². The van der Waals surface area contributed by atoms with Gasteiger partial charge in [-0.3, -0.25) is 0 Å². The van der Waals surface area contributed by atoms with Crippen LogP contribution in [0.2, 0.25) is 0 Å².